The fourth-order valence-electron chi connectivity index (χ4n) is 1.57. The second-order valence-electron chi connectivity index (χ2n) is 4.12. The predicted molar refractivity (Wildman–Crippen MR) is 61.3 cm³/mol. The van der Waals surface area contributed by atoms with E-state index in [-0.39, 0.29) is 11.6 Å². The standard InChI is InChI=1S/C12H16FNO3/c1-7(5-8(2)15)14-12(17)10-4-3-9(13)6-11(10)16/h3-4,6-8,15-16H,5H2,1-2H3,(H,14,17). The Bertz CT molecular complexity index is 407. The Hall–Kier alpha value is -1.62. The average molecular weight is 241 g/mol. The van der Waals surface area contributed by atoms with Gasteiger partial charge in [-0.05, 0) is 32.4 Å². The topological polar surface area (TPSA) is 69.6 Å². The normalized spacial score (nSPS) is 14.1. The highest BCUT2D eigenvalue weighted by molar-refractivity contribution is 5.96. The van der Waals surface area contributed by atoms with Crippen molar-refractivity contribution >= 4 is 5.91 Å². The maximum Gasteiger partial charge on any atom is 0.255 e. The number of carbonyl (C=O) groups is 1. The molecule has 2 unspecified atom stereocenters. The van der Waals surface area contributed by atoms with Gasteiger partial charge in [0.15, 0.2) is 0 Å². The summed E-state index contributed by atoms with van der Waals surface area (Å²) in [4.78, 5) is 11.7. The van der Waals surface area contributed by atoms with Crippen molar-refractivity contribution < 1.29 is 19.4 Å². The van der Waals surface area contributed by atoms with Gasteiger partial charge in [-0.2, -0.15) is 0 Å². The van der Waals surface area contributed by atoms with Gasteiger partial charge in [-0.1, -0.05) is 0 Å². The predicted octanol–water partition coefficient (Wildman–Crippen LogP) is 1.42. The number of rotatable bonds is 4. The van der Waals surface area contributed by atoms with Crippen molar-refractivity contribution in [1.29, 1.82) is 0 Å². The highest BCUT2D eigenvalue weighted by atomic mass is 19.1. The summed E-state index contributed by atoms with van der Waals surface area (Å²) in [5.41, 5.74) is 0.0174. The number of amides is 1. The van der Waals surface area contributed by atoms with E-state index >= 15 is 0 Å². The van der Waals surface area contributed by atoms with E-state index < -0.39 is 23.6 Å². The van der Waals surface area contributed by atoms with Gasteiger partial charge in [-0.3, -0.25) is 4.79 Å². The van der Waals surface area contributed by atoms with Gasteiger partial charge >= 0.3 is 0 Å². The molecule has 0 aliphatic carbocycles. The lowest BCUT2D eigenvalue weighted by Crippen LogP contribution is -2.34. The van der Waals surface area contributed by atoms with Crippen molar-refractivity contribution in [1.82, 2.24) is 5.32 Å². The first-order chi connectivity index (χ1) is 7.90. The van der Waals surface area contributed by atoms with E-state index in [4.69, 9.17) is 5.11 Å². The minimum Gasteiger partial charge on any atom is -0.507 e. The molecule has 3 N–H and O–H groups in total. The van der Waals surface area contributed by atoms with Gasteiger partial charge in [0.25, 0.3) is 5.91 Å². The van der Waals surface area contributed by atoms with Crippen LogP contribution in [-0.4, -0.2) is 28.3 Å². The third-order valence-corrected chi connectivity index (χ3v) is 2.28. The molecule has 0 spiro atoms. The van der Waals surface area contributed by atoms with Gasteiger partial charge < -0.3 is 15.5 Å². The lowest BCUT2D eigenvalue weighted by atomic mass is 10.1. The largest absolute Gasteiger partial charge is 0.507 e. The Morgan fingerprint density at radius 1 is 1.47 bits per heavy atom. The number of aliphatic hydroxyl groups excluding tert-OH is 1. The smallest absolute Gasteiger partial charge is 0.255 e. The van der Waals surface area contributed by atoms with Crippen LogP contribution in [0.5, 0.6) is 5.75 Å². The fraction of sp³-hybridized carbons (Fsp3) is 0.417. The van der Waals surface area contributed by atoms with E-state index in [1.807, 2.05) is 0 Å². The Morgan fingerprint density at radius 3 is 2.65 bits per heavy atom. The van der Waals surface area contributed by atoms with E-state index in [1.54, 1.807) is 13.8 Å². The van der Waals surface area contributed by atoms with Crippen LogP contribution in [-0.2, 0) is 0 Å². The number of hydrogen-bond donors (Lipinski definition) is 3. The summed E-state index contributed by atoms with van der Waals surface area (Å²) in [5, 5.41) is 21.2. The number of nitrogens with one attached hydrogen (secondary N) is 1. The molecule has 0 aromatic heterocycles. The maximum atomic E-state index is 12.7. The van der Waals surface area contributed by atoms with Crippen LogP contribution in [0.15, 0.2) is 18.2 Å². The zero-order chi connectivity index (χ0) is 13.0. The molecule has 0 aliphatic rings. The second-order valence-corrected chi connectivity index (χ2v) is 4.12. The van der Waals surface area contributed by atoms with E-state index in [1.165, 1.54) is 6.07 Å². The zero-order valence-corrected chi connectivity index (χ0v) is 9.77. The summed E-state index contributed by atoms with van der Waals surface area (Å²) in [5.74, 6) is -1.49. The highest BCUT2D eigenvalue weighted by Crippen LogP contribution is 2.18. The molecule has 0 radical (unpaired) electrons. The lowest BCUT2D eigenvalue weighted by molar-refractivity contribution is 0.0920. The molecular weight excluding hydrogens is 225 g/mol. The molecule has 17 heavy (non-hydrogen) atoms. The highest BCUT2D eigenvalue weighted by Gasteiger charge is 2.15. The van der Waals surface area contributed by atoms with Gasteiger partial charge in [-0.15, -0.1) is 0 Å². The Kier molecular flexibility index (Phi) is 4.45. The number of aliphatic hydroxyl groups is 1. The molecule has 0 fully saturated rings. The van der Waals surface area contributed by atoms with Crippen LogP contribution in [0.3, 0.4) is 0 Å². The molecule has 1 rings (SSSR count). The molecule has 0 saturated carbocycles. The molecule has 1 amide bonds. The summed E-state index contributed by atoms with van der Waals surface area (Å²) < 4.78 is 12.7. The summed E-state index contributed by atoms with van der Waals surface area (Å²) >= 11 is 0. The SMILES string of the molecule is CC(O)CC(C)NC(=O)c1ccc(F)cc1O. The van der Waals surface area contributed by atoms with Crippen LogP contribution in [0.2, 0.25) is 0 Å². The number of halogens is 1. The third kappa shape index (κ3) is 4.03. The first-order valence-corrected chi connectivity index (χ1v) is 5.37. The Balaban J connectivity index is 2.70. The zero-order valence-electron chi connectivity index (χ0n) is 9.77. The number of hydrogen-bond acceptors (Lipinski definition) is 3. The van der Waals surface area contributed by atoms with E-state index in [0.29, 0.717) is 6.42 Å². The maximum absolute atomic E-state index is 12.7. The van der Waals surface area contributed by atoms with Crippen LogP contribution in [0.1, 0.15) is 30.6 Å². The van der Waals surface area contributed by atoms with Crippen LogP contribution in [0, 0.1) is 5.82 Å². The van der Waals surface area contributed by atoms with Gasteiger partial charge in [0.2, 0.25) is 0 Å². The average Bonchev–Trinajstić information content (AvgIpc) is 2.15. The molecule has 2 atom stereocenters. The van der Waals surface area contributed by atoms with Crippen LogP contribution in [0.4, 0.5) is 4.39 Å². The number of carbonyl (C=O) groups excluding carboxylic acids is 1. The van der Waals surface area contributed by atoms with Crippen molar-refractivity contribution in [2.75, 3.05) is 0 Å². The number of phenols is 1. The summed E-state index contributed by atoms with van der Waals surface area (Å²) in [7, 11) is 0. The monoisotopic (exact) mass is 241 g/mol. The van der Waals surface area contributed by atoms with Crippen molar-refractivity contribution in [3.8, 4) is 5.75 Å². The molecule has 0 aliphatic heterocycles. The van der Waals surface area contributed by atoms with Crippen LogP contribution < -0.4 is 5.32 Å². The summed E-state index contributed by atoms with van der Waals surface area (Å²) in [6.45, 7) is 3.36. The van der Waals surface area contributed by atoms with E-state index in [2.05, 4.69) is 5.32 Å². The molecule has 1 aromatic rings. The first-order valence-electron chi connectivity index (χ1n) is 5.37. The number of aromatic hydroxyl groups is 1. The van der Waals surface area contributed by atoms with E-state index in [9.17, 15) is 14.3 Å². The third-order valence-electron chi connectivity index (χ3n) is 2.28. The first kappa shape index (κ1) is 13.4. The van der Waals surface area contributed by atoms with Gasteiger partial charge in [0.1, 0.15) is 11.6 Å². The molecule has 5 heteroatoms. The fourth-order valence-corrected chi connectivity index (χ4v) is 1.57. The summed E-state index contributed by atoms with van der Waals surface area (Å²) in [6, 6.07) is 2.98. The van der Waals surface area contributed by atoms with Gasteiger partial charge in [0, 0.05) is 12.1 Å². The molecule has 0 bridgehead atoms. The van der Waals surface area contributed by atoms with E-state index in [0.717, 1.165) is 12.1 Å². The Morgan fingerprint density at radius 2 is 2.12 bits per heavy atom. The summed E-state index contributed by atoms with van der Waals surface area (Å²) in [6.07, 6.45) is -0.111. The number of phenolic OH excluding ortho intramolecular Hbond substituents is 1. The molecule has 4 nitrogen and oxygen atoms in total. The second kappa shape index (κ2) is 5.63. The van der Waals surface area contributed by atoms with Gasteiger partial charge in [-0.25, -0.2) is 4.39 Å². The molecular formula is C12H16FNO3. The lowest BCUT2D eigenvalue weighted by Gasteiger charge is -2.15. The van der Waals surface area contributed by atoms with Crippen molar-refractivity contribution in [2.45, 2.75) is 32.4 Å². The molecule has 1 aromatic carbocycles. The van der Waals surface area contributed by atoms with Crippen LogP contribution >= 0.6 is 0 Å². The van der Waals surface area contributed by atoms with Gasteiger partial charge in [0.05, 0.1) is 11.7 Å². The quantitative estimate of drug-likeness (QED) is 0.746. The molecule has 0 saturated heterocycles. The van der Waals surface area contributed by atoms with Crippen molar-refractivity contribution in [3.63, 3.8) is 0 Å². The molecule has 0 heterocycles. The van der Waals surface area contributed by atoms with Crippen molar-refractivity contribution in [3.05, 3.63) is 29.6 Å². The van der Waals surface area contributed by atoms with Crippen molar-refractivity contribution in [2.24, 2.45) is 0 Å². The van der Waals surface area contributed by atoms with Crippen LogP contribution in [0.25, 0.3) is 0 Å². The molecule has 94 valence electrons. The minimum atomic E-state index is -0.601. The Labute approximate surface area is 99.1 Å². The number of benzene rings is 1. The minimum absolute atomic E-state index is 0.0174.